The number of hydrogen-bond donors (Lipinski definition) is 0. The van der Waals surface area contributed by atoms with Gasteiger partial charge >= 0.3 is 0 Å². The van der Waals surface area contributed by atoms with Crippen LogP contribution in [-0.2, 0) is 10.8 Å². The van der Waals surface area contributed by atoms with Crippen molar-refractivity contribution in [2.75, 3.05) is 0 Å². The van der Waals surface area contributed by atoms with Crippen molar-refractivity contribution in [1.82, 2.24) is 15.0 Å². The minimum atomic E-state index is -0.432. The molecule has 1 aromatic heterocycles. The molecule has 3 heteroatoms. The highest BCUT2D eigenvalue weighted by Gasteiger charge is 2.53. The molecule has 9 aromatic rings. The van der Waals surface area contributed by atoms with Gasteiger partial charge in [-0.25, -0.2) is 15.0 Å². The van der Waals surface area contributed by atoms with Crippen molar-refractivity contribution in [2.24, 2.45) is 0 Å². The first-order chi connectivity index (χ1) is 28.5. The highest BCUT2D eigenvalue weighted by Crippen LogP contribution is 2.63. The van der Waals surface area contributed by atoms with Gasteiger partial charge in [0.25, 0.3) is 0 Å². The van der Waals surface area contributed by atoms with Crippen molar-refractivity contribution >= 4 is 0 Å². The lowest BCUT2D eigenvalue weighted by molar-refractivity contribution is 0.563. The molecule has 0 fully saturated rings. The number of hydrogen-bond acceptors (Lipinski definition) is 3. The zero-order valence-corrected chi connectivity index (χ0v) is 32.4. The zero-order valence-electron chi connectivity index (χ0n) is 32.4. The van der Waals surface area contributed by atoms with Crippen LogP contribution in [0.3, 0.4) is 0 Å². The van der Waals surface area contributed by atoms with Crippen molar-refractivity contribution in [2.45, 2.75) is 24.7 Å². The Hall–Kier alpha value is -7.23. The zero-order chi connectivity index (χ0) is 38.8. The maximum Gasteiger partial charge on any atom is 0.164 e. The number of aromatic nitrogens is 3. The molecule has 0 saturated heterocycles. The average molecular weight is 742 g/mol. The summed E-state index contributed by atoms with van der Waals surface area (Å²) in [6.45, 7) is 4.75. The van der Waals surface area contributed by atoms with Crippen LogP contribution in [0.15, 0.2) is 200 Å². The normalized spacial score (nSPS) is 14.0. The van der Waals surface area contributed by atoms with Gasteiger partial charge in [-0.15, -0.1) is 0 Å². The second kappa shape index (κ2) is 13.2. The Morgan fingerprint density at radius 3 is 1.26 bits per heavy atom. The van der Waals surface area contributed by atoms with Crippen LogP contribution >= 0.6 is 0 Å². The van der Waals surface area contributed by atoms with E-state index in [0.717, 1.165) is 27.8 Å². The molecular formula is C55H39N3. The van der Waals surface area contributed by atoms with E-state index in [9.17, 15) is 0 Å². The molecule has 2 aliphatic carbocycles. The molecule has 1 spiro atoms. The fourth-order valence-electron chi connectivity index (χ4n) is 9.79. The minimum Gasteiger partial charge on any atom is -0.208 e. The van der Waals surface area contributed by atoms with E-state index in [1.54, 1.807) is 0 Å². The summed E-state index contributed by atoms with van der Waals surface area (Å²) in [5, 5.41) is 0. The van der Waals surface area contributed by atoms with E-state index in [1.807, 2.05) is 60.7 Å². The van der Waals surface area contributed by atoms with Crippen LogP contribution in [0.5, 0.6) is 0 Å². The largest absolute Gasteiger partial charge is 0.208 e. The molecule has 0 amide bonds. The molecule has 0 saturated carbocycles. The van der Waals surface area contributed by atoms with Crippen molar-refractivity contribution in [1.29, 1.82) is 0 Å². The molecular weight excluding hydrogens is 703 g/mol. The first kappa shape index (κ1) is 34.1. The van der Waals surface area contributed by atoms with Gasteiger partial charge in [-0.3, -0.25) is 0 Å². The van der Waals surface area contributed by atoms with Crippen molar-refractivity contribution in [3.05, 3.63) is 234 Å². The lowest BCUT2D eigenvalue weighted by atomic mass is 9.55. The molecule has 8 aromatic carbocycles. The quantitative estimate of drug-likeness (QED) is 0.176. The van der Waals surface area contributed by atoms with Crippen LogP contribution in [0.1, 0.15) is 47.2 Å². The number of fused-ring (bicyclic) bond motifs is 9. The van der Waals surface area contributed by atoms with Crippen LogP contribution < -0.4 is 0 Å². The summed E-state index contributed by atoms with van der Waals surface area (Å²) in [6.07, 6.45) is 0. The molecule has 0 unspecified atom stereocenters. The molecule has 0 bridgehead atoms. The maximum atomic E-state index is 5.02. The molecule has 3 nitrogen and oxygen atoms in total. The molecule has 0 aliphatic heterocycles. The second-order valence-corrected chi connectivity index (χ2v) is 15.9. The number of benzene rings is 8. The lowest BCUT2D eigenvalue weighted by Gasteiger charge is -2.46. The predicted molar refractivity (Wildman–Crippen MR) is 236 cm³/mol. The Balaban J connectivity index is 1.06. The monoisotopic (exact) mass is 741 g/mol. The third-order valence-corrected chi connectivity index (χ3v) is 12.4. The Morgan fingerprint density at radius 2 is 0.672 bits per heavy atom. The van der Waals surface area contributed by atoms with Crippen molar-refractivity contribution in [3.63, 3.8) is 0 Å². The summed E-state index contributed by atoms with van der Waals surface area (Å²) in [4.78, 5) is 15.0. The smallest absolute Gasteiger partial charge is 0.164 e. The summed E-state index contributed by atoms with van der Waals surface area (Å²) in [6, 6.07) is 72.1. The first-order valence-corrected chi connectivity index (χ1v) is 20.0. The Kier molecular flexibility index (Phi) is 7.74. The van der Waals surface area contributed by atoms with E-state index in [-0.39, 0.29) is 5.41 Å². The molecule has 2 aliphatic rings. The summed E-state index contributed by atoms with van der Waals surface area (Å²) >= 11 is 0. The summed E-state index contributed by atoms with van der Waals surface area (Å²) in [5.41, 5.74) is 17.7. The molecule has 11 rings (SSSR count). The number of nitrogens with zero attached hydrogens (tertiary/aromatic N) is 3. The van der Waals surface area contributed by atoms with Crippen molar-refractivity contribution in [3.8, 4) is 67.5 Å². The van der Waals surface area contributed by atoms with Gasteiger partial charge in [0, 0.05) is 22.1 Å². The molecule has 0 radical (unpaired) electrons. The van der Waals surface area contributed by atoms with E-state index in [2.05, 4.69) is 153 Å². The average Bonchev–Trinajstić information content (AvgIpc) is 3.60. The fraction of sp³-hybridized carbons (Fsp3) is 0.0727. The molecule has 274 valence electrons. The van der Waals surface area contributed by atoms with Crippen LogP contribution in [0.25, 0.3) is 67.5 Å². The van der Waals surface area contributed by atoms with Crippen LogP contribution in [0.4, 0.5) is 0 Å². The third-order valence-electron chi connectivity index (χ3n) is 12.4. The summed E-state index contributed by atoms with van der Waals surface area (Å²) in [7, 11) is 0. The molecule has 0 atom stereocenters. The topological polar surface area (TPSA) is 38.7 Å². The van der Waals surface area contributed by atoms with E-state index >= 15 is 0 Å². The van der Waals surface area contributed by atoms with E-state index in [0.29, 0.717) is 17.5 Å². The SMILES string of the molecule is CC1(C)c2ccccc2C2(c3ccccc3-c3c(-c4cccc(-c5cccc(-c6nc(-c7ccccc7)nc(-c7ccccc7)n6)c5)c4)cccc32)c2ccccc21. The standard InChI is InChI=1S/C55H39N3/c1-54(2)45-29-11-13-31-47(45)55(48-32-14-12-30-46(48)54)44-28-10-9-26-43(44)50-42(27-17-33-49(50)55)40-24-15-22-38(34-40)39-23-16-25-41(35-39)53-57-51(36-18-5-3-6-19-36)56-52(58-53)37-20-7-4-8-21-37/h3-35H,1-2H3. The van der Waals surface area contributed by atoms with E-state index < -0.39 is 5.41 Å². The lowest BCUT2D eigenvalue weighted by Crippen LogP contribution is -2.40. The first-order valence-electron chi connectivity index (χ1n) is 20.0. The van der Waals surface area contributed by atoms with Crippen LogP contribution in [-0.4, -0.2) is 15.0 Å². The van der Waals surface area contributed by atoms with Gasteiger partial charge < -0.3 is 0 Å². The Labute approximate surface area is 339 Å². The third kappa shape index (κ3) is 5.10. The van der Waals surface area contributed by atoms with Gasteiger partial charge in [-0.05, 0) is 78.9 Å². The molecule has 58 heavy (non-hydrogen) atoms. The second-order valence-electron chi connectivity index (χ2n) is 15.9. The fourth-order valence-corrected chi connectivity index (χ4v) is 9.79. The Morgan fingerprint density at radius 1 is 0.293 bits per heavy atom. The number of rotatable bonds is 5. The van der Waals surface area contributed by atoms with Crippen LogP contribution in [0, 0.1) is 0 Å². The highest BCUT2D eigenvalue weighted by atomic mass is 15.0. The van der Waals surface area contributed by atoms with Gasteiger partial charge in [-0.1, -0.05) is 202 Å². The van der Waals surface area contributed by atoms with E-state index in [4.69, 9.17) is 15.0 Å². The molecule has 1 heterocycles. The van der Waals surface area contributed by atoms with E-state index in [1.165, 1.54) is 55.6 Å². The van der Waals surface area contributed by atoms with Gasteiger partial charge in [0.15, 0.2) is 17.5 Å². The van der Waals surface area contributed by atoms with Gasteiger partial charge in [0.2, 0.25) is 0 Å². The summed E-state index contributed by atoms with van der Waals surface area (Å²) in [5.74, 6) is 1.95. The van der Waals surface area contributed by atoms with Crippen LogP contribution in [0.2, 0.25) is 0 Å². The predicted octanol–water partition coefficient (Wildman–Crippen LogP) is 13.2. The minimum absolute atomic E-state index is 0.135. The molecule has 0 N–H and O–H groups in total. The van der Waals surface area contributed by atoms with Gasteiger partial charge in [0.1, 0.15) is 0 Å². The van der Waals surface area contributed by atoms with Gasteiger partial charge in [-0.2, -0.15) is 0 Å². The van der Waals surface area contributed by atoms with Crippen molar-refractivity contribution < 1.29 is 0 Å². The summed E-state index contributed by atoms with van der Waals surface area (Å²) < 4.78 is 0. The Bertz CT molecular complexity index is 2930. The van der Waals surface area contributed by atoms with Gasteiger partial charge in [0.05, 0.1) is 5.41 Å². The highest BCUT2D eigenvalue weighted by molar-refractivity contribution is 5.97. The maximum absolute atomic E-state index is 5.02.